The average molecular weight is 172 g/mol. The minimum Gasteiger partial charge on any atom is -0.416 e. The third-order valence-electron chi connectivity index (χ3n) is 0.969. The van der Waals surface area contributed by atoms with E-state index in [4.69, 9.17) is 4.42 Å². The second-order valence-corrected chi connectivity index (χ2v) is 2.94. The van der Waals surface area contributed by atoms with Gasteiger partial charge in [-0.25, -0.2) is 0 Å². The average Bonchev–Trinajstić information content (AvgIpc) is 2.37. The molecule has 0 bridgehead atoms. The Morgan fingerprint density at radius 2 is 2.45 bits per heavy atom. The standard InChI is InChI=1S/C6H8N2O2S/c1-5-7-8-6(10-5)11-4-2-3-9/h3H,2,4H2,1H3. The number of carbonyl (C=O) groups excluding carboxylic acids is 1. The zero-order valence-corrected chi connectivity index (χ0v) is 6.93. The number of carbonyl (C=O) groups is 1. The molecule has 60 valence electrons. The van der Waals surface area contributed by atoms with E-state index in [0.29, 0.717) is 23.3 Å². The molecule has 0 radical (unpaired) electrons. The van der Waals surface area contributed by atoms with E-state index in [0.717, 1.165) is 6.29 Å². The van der Waals surface area contributed by atoms with Gasteiger partial charge < -0.3 is 9.21 Å². The van der Waals surface area contributed by atoms with Gasteiger partial charge in [-0.15, -0.1) is 10.2 Å². The van der Waals surface area contributed by atoms with E-state index in [1.54, 1.807) is 6.92 Å². The maximum atomic E-state index is 9.92. The first kappa shape index (κ1) is 8.26. The molecule has 0 N–H and O–H groups in total. The van der Waals surface area contributed by atoms with Crippen molar-refractivity contribution in [2.24, 2.45) is 0 Å². The van der Waals surface area contributed by atoms with Gasteiger partial charge in [0.2, 0.25) is 5.89 Å². The first-order chi connectivity index (χ1) is 5.33. The summed E-state index contributed by atoms with van der Waals surface area (Å²) in [5.41, 5.74) is 0. The highest BCUT2D eigenvalue weighted by Gasteiger charge is 2.00. The highest BCUT2D eigenvalue weighted by molar-refractivity contribution is 7.99. The van der Waals surface area contributed by atoms with Crippen LogP contribution < -0.4 is 0 Å². The van der Waals surface area contributed by atoms with E-state index in [-0.39, 0.29) is 0 Å². The maximum Gasteiger partial charge on any atom is 0.276 e. The molecular formula is C6H8N2O2S. The molecule has 0 aromatic carbocycles. The van der Waals surface area contributed by atoms with Crippen LogP contribution in [0.4, 0.5) is 0 Å². The first-order valence-electron chi connectivity index (χ1n) is 3.19. The molecule has 0 aliphatic carbocycles. The Balaban J connectivity index is 2.32. The predicted molar refractivity (Wildman–Crippen MR) is 40.4 cm³/mol. The molecule has 1 rings (SSSR count). The summed E-state index contributed by atoms with van der Waals surface area (Å²) in [7, 11) is 0. The topological polar surface area (TPSA) is 56.0 Å². The highest BCUT2D eigenvalue weighted by atomic mass is 32.2. The maximum absolute atomic E-state index is 9.92. The van der Waals surface area contributed by atoms with Crippen molar-refractivity contribution in [3.63, 3.8) is 0 Å². The summed E-state index contributed by atoms with van der Waals surface area (Å²) in [6.45, 7) is 1.73. The van der Waals surface area contributed by atoms with Crippen LogP contribution in [0, 0.1) is 6.92 Å². The van der Waals surface area contributed by atoms with Crippen LogP contribution in [0.3, 0.4) is 0 Å². The molecule has 0 unspecified atom stereocenters. The van der Waals surface area contributed by atoms with E-state index in [1.165, 1.54) is 11.8 Å². The molecule has 1 aromatic rings. The Hall–Kier alpha value is -0.840. The largest absolute Gasteiger partial charge is 0.416 e. The number of hydrogen-bond acceptors (Lipinski definition) is 5. The van der Waals surface area contributed by atoms with E-state index in [1.807, 2.05) is 0 Å². The van der Waals surface area contributed by atoms with Gasteiger partial charge in [0.15, 0.2) is 0 Å². The van der Waals surface area contributed by atoms with Crippen LogP contribution in [0.25, 0.3) is 0 Å². The van der Waals surface area contributed by atoms with E-state index < -0.39 is 0 Å². The van der Waals surface area contributed by atoms with Crippen LogP contribution in [0.15, 0.2) is 9.64 Å². The molecule has 0 aliphatic heterocycles. The minimum atomic E-state index is 0.520. The van der Waals surface area contributed by atoms with Crippen molar-refractivity contribution in [2.75, 3.05) is 5.75 Å². The second-order valence-electron chi connectivity index (χ2n) is 1.89. The number of hydrogen-bond donors (Lipinski definition) is 0. The summed E-state index contributed by atoms with van der Waals surface area (Å²) in [5.74, 6) is 1.25. The number of nitrogens with zero attached hydrogens (tertiary/aromatic N) is 2. The van der Waals surface area contributed by atoms with Crippen molar-refractivity contribution < 1.29 is 9.21 Å². The SMILES string of the molecule is Cc1nnc(SCCC=O)o1. The summed E-state index contributed by atoms with van der Waals surface area (Å²) in [5, 5.41) is 7.92. The lowest BCUT2D eigenvalue weighted by molar-refractivity contribution is -0.107. The Bertz CT molecular complexity index is 236. The smallest absolute Gasteiger partial charge is 0.276 e. The lowest BCUT2D eigenvalue weighted by atomic mass is 10.6. The van der Waals surface area contributed by atoms with Gasteiger partial charge in [-0.1, -0.05) is 11.8 Å². The van der Waals surface area contributed by atoms with Crippen molar-refractivity contribution in [3.8, 4) is 0 Å². The molecule has 0 atom stereocenters. The lowest BCUT2D eigenvalue weighted by Gasteiger charge is -1.87. The molecule has 0 saturated carbocycles. The van der Waals surface area contributed by atoms with Crippen LogP contribution >= 0.6 is 11.8 Å². The molecule has 0 spiro atoms. The molecule has 11 heavy (non-hydrogen) atoms. The quantitative estimate of drug-likeness (QED) is 0.386. The number of aromatic nitrogens is 2. The van der Waals surface area contributed by atoms with E-state index in [9.17, 15) is 4.79 Å². The van der Waals surface area contributed by atoms with Crippen molar-refractivity contribution in [3.05, 3.63) is 5.89 Å². The third-order valence-corrected chi connectivity index (χ3v) is 1.82. The predicted octanol–water partition coefficient (Wildman–Crippen LogP) is 1.06. The monoisotopic (exact) mass is 172 g/mol. The van der Waals surface area contributed by atoms with Gasteiger partial charge in [-0.2, -0.15) is 0 Å². The van der Waals surface area contributed by atoms with Gasteiger partial charge >= 0.3 is 0 Å². The molecule has 0 fully saturated rings. The molecule has 1 heterocycles. The normalized spacial score (nSPS) is 9.91. The molecule has 0 aliphatic rings. The molecular weight excluding hydrogens is 164 g/mol. The molecule has 5 heteroatoms. The van der Waals surface area contributed by atoms with Gasteiger partial charge in [-0.05, 0) is 0 Å². The first-order valence-corrected chi connectivity index (χ1v) is 4.18. The van der Waals surface area contributed by atoms with Gasteiger partial charge in [0, 0.05) is 19.1 Å². The van der Waals surface area contributed by atoms with Crippen LogP contribution in [-0.2, 0) is 4.79 Å². The summed E-state index contributed by atoms with van der Waals surface area (Å²) >= 11 is 1.39. The molecule has 4 nitrogen and oxygen atoms in total. The Labute approximate surface area is 68.4 Å². The fourth-order valence-corrected chi connectivity index (χ4v) is 1.20. The number of rotatable bonds is 4. The number of aryl methyl sites for hydroxylation is 1. The van der Waals surface area contributed by atoms with Gasteiger partial charge in [0.05, 0.1) is 0 Å². The van der Waals surface area contributed by atoms with Crippen molar-refractivity contribution in [1.29, 1.82) is 0 Å². The Morgan fingerprint density at radius 1 is 1.64 bits per heavy atom. The lowest BCUT2D eigenvalue weighted by Crippen LogP contribution is -1.80. The second kappa shape index (κ2) is 4.12. The molecule has 0 saturated heterocycles. The number of thioether (sulfide) groups is 1. The highest BCUT2D eigenvalue weighted by Crippen LogP contribution is 2.15. The Morgan fingerprint density at radius 3 is 3.00 bits per heavy atom. The molecule has 1 aromatic heterocycles. The Kier molecular flexibility index (Phi) is 3.10. The van der Waals surface area contributed by atoms with Crippen LogP contribution in [0.1, 0.15) is 12.3 Å². The van der Waals surface area contributed by atoms with Gasteiger partial charge in [-0.3, -0.25) is 0 Å². The zero-order chi connectivity index (χ0) is 8.10. The van der Waals surface area contributed by atoms with Crippen LogP contribution in [-0.4, -0.2) is 22.2 Å². The van der Waals surface area contributed by atoms with Crippen molar-refractivity contribution in [1.82, 2.24) is 10.2 Å². The fraction of sp³-hybridized carbons (Fsp3) is 0.500. The number of aldehydes is 1. The summed E-state index contributed by atoms with van der Waals surface area (Å²) in [6, 6.07) is 0. The molecule has 0 amide bonds. The zero-order valence-electron chi connectivity index (χ0n) is 6.11. The minimum absolute atomic E-state index is 0.520. The van der Waals surface area contributed by atoms with E-state index in [2.05, 4.69) is 10.2 Å². The van der Waals surface area contributed by atoms with Gasteiger partial charge in [0.25, 0.3) is 5.22 Å². The van der Waals surface area contributed by atoms with Gasteiger partial charge in [0.1, 0.15) is 6.29 Å². The van der Waals surface area contributed by atoms with Crippen molar-refractivity contribution >= 4 is 18.0 Å². The summed E-state index contributed by atoms with van der Waals surface area (Å²) in [4.78, 5) is 9.92. The fourth-order valence-electron chi connectivity index (χ4n) is 0.531. The van der Waals surface area contributed by atoms with Crippen molar-refractivity contribution in [2.45, 2.75) is 18.6 Å². The van der Waals surface area contributed by atoms with Crippen LogP contribution in [0.2, 0.25) is 0 Å². The van der Waals surface area contributed by atoms with Crippen LogP contribution in [0.5, 0.6) is 0 Å². The van der Waals surface area contributed by atoms with E-state index >= 15 is 0 Å². The summed E-state index contributed by atoms with van der Waals surface area (Å²) < 4.78 is 5.05. The third kappa shape index (κ3) is 2.71. The summed E-state index contributed by atoms with van der Waals surface area (Å²) in [6.07, 6.45) is 1.39.